The Labute approximate surface area is 221 Å². The molecule has 3 nitrogen and oxygen atoms in total. The Morgan fingerprint density at radius 3 is 1.11 bits per heavy atom. The second-order valence-electron chi connectivity index (χ2n) is 8.29. The van der Waals surface area contributed by atoms with Crippen molar-refractivity contribution in [3.8, 4) is 11.5 Å². The number of methoxy groups -OCH3 is 2. The van der Waals surface area contributed by atoms with Crippen molar-refractivity contribution in [1.82, 2.24) is 0 Å². The lowest BCUT2D eigenvalue weighted by Crippen LogP contribution is -2.31. The lowest BCUT2D eigenvalue weighted by molar-refractivity contribution is 0.355. The Balaban J connectivity index is 1.82. The van der Waals surface area contributed by atoms with E-state index in [9.17, 15) is 0 Å². The summed E-state index contributed by atoms with van der Waals surface area (Å²) in [7, 11) is 1.49. The smallest absolute Gasteiger partial charge is 0.162 e. The summed E-state index contributed by atoms with van der Waals surface area (Å²) in [6.45, 7) is 0. The molecule has 184 valence electrons. The summed E-state index contributed by atoms with van der Waals surface area (Å²) >= 11 is 0. The molecule has 0 heterocycles. The van der Waals surface area contributed by atoms with Gasteiger partial charge in [-0.25, -0.2) is 0 Å². The first-order chi connectivity index (χ1) is 18.3. The van der Waals surface area contributed by atoms with E-state index in [1.807, 2.05) is 6.07 Å². The van der Waals surface area contributed by atoms with E-state index in [0.29, 0.717) is 0 Å². The summed E-state index contributed by atoms with van der Waals surface area (Å²) in [5.74, 6) is 1.44. The molecule has 0 amide bonds. The number of anilines is 1. The molecule has 5 aromatic rings. The molecule has 0 aliphatic carbocycles. The molecule has 0 saturated carbocycles. The highest BCUT2D eigenvalue weighted by Crippen LogP contribution is 2.57. The molecule has 0 bridgehead atoms. The summed E-state index contributed by atoms with van der Waals surface area (Å²) in [4.78, 5) is 0. The predicted molar refractivity (Wildman–Crippen MR) is 160 cm³/mol. The van der Waals surface area contributed by atoms with E-state index < -0.39 is 16.1 Å². The van der Waals surface area contributed by atoms with Crippen molar-refractivity contribution in [3.63, 3.8) is 0 Å². The summed E-state index contributed by atoms with van der Waals surface area (Å²) < 4.78 is 14.0. The third-order valence-electron chi connectivity index (χ3n) is 5.98. The van der Waals surface area contributed by atoms with Crippen LogP contribution in [0.4, 0.5) is 5.69 Å². The van der Waals surface area contributed by atoms with E-state index in [0.717, 1.165) is 17.2 Å². The molecular formula is C32H29NO2P2. The van der Waals surface area contributed by atoms with E-state index in [1.54, 1.807) is 14.2 Å². The molecule has 0 aliphatic heterocycles. The number of hydrogen-bond donors (Lipinski definition) is 0. The van der Waals surface area contributed by atoms with Crippen molar-refractivity contribution in [1.29, 1.82) is 0 Å². The molecule has 0 spiro atoms. The van der Waals surface area contributed by atoms with Crippen LogP contribution < -0.4 is 35.1 Å². The minimum absolute atomic E-state index is 0.720. The van der Waals surface area contributed by atoms with Crippen LogP contribution >= 0.6 is 16.1 Å². The Hall–Kier alpha value is -3.64. The summed E-state index contributed by atoms with van der Waals surface area (Å²) in [5.41, 5.74) is 1.09. The Bertz CT molecular complexity index is 1240. The van der Waals surface area contributed by atoms with Gasteiger partial charge < -0.3 is 13.9 Å². The molecular weight excluding hydrogens is 492 g/mol. The van der Waals surface area contributed by atoms with Crippen LogP contribution in [0.2, 0.25) is 0 Å². The summed E-state index contributed by atoms with van der Waals surface area (Å²) in [6, 6.07) is 49.6. The quantitative estimate of drug-likeness (QED) is 0.204. The number of hydrogen-bond acceptors (Lipinski definition) is 3. The van der Waals surface area contributed by atoms with E-state index in [1.165, 1.54) is 21.2 Å². The largest absolute Gasteiger partial charge is 0.493 e. The van der Waals surface area contributed by atoms with Gasteiger partial charge in [-0.15, -0.1) is 0 Å². The molecule has 0 fully saturated rings. The highest BCUT2D eigenvalue weighted by molar-refractivity contribution is 7.90. The van der Waals surface area contributed by atoms with Crippen molar-refractivity contribution < 1.29 is 9.47 Å². The minimum Gasteiger partial charge on any atom is -0.493 e. The fourth-order valence-electron chi connectivity index (χ4n) is 4.28. The van der Waals surface area contributed by atoms with Crippen LogP contribution in [-0.2, 0) is 0 Å². The zero-order chi connectivity index (χ0) is 25.5. The molecule has 5 rings (SSSR count). The maximum atomic E-state index is 5.77. The maximum absolute atomic E-state index is 5.77. The number of ether oxygens (including phenoxy) is 2. The maximum Gasteiger partial charge on any atom is 0.162 e. The number of benzene rings is 5. The van der Waals surface area contributed by atoms with Gasteiger partial charge in [-0.1, -0.05) is 121 Å². The van der Waals surface area contributed by atoms with Gasteiger partial charge in [0.25, 0.3) is 0 Å². The van der Waals surface area contributed by atoms with Crippen LogP contribution in [0.15, 0.2) is 140 Å². The van der Waals surface area contributed by atoms with Gasteiger partial charge in [0.2, 0.25) is 0 Å². The molecule has 37 heavy (non-hydrogen) atoms. The summed E-state index contributed by atoms with van der Waals surface area (Å²) in [5, 5.41) is 5.16. The van der Waals surface area contributed by atoms with Gasteiger partial charge in [0.15, 0.2) is 11.5 Å². The van der Waals surface area contributed by atoms with Crippen LogP contribution in [0.3, 0.4) is 0 Å². The van der Waals surface area contributed by atoms with Crippen LogP contribution in [-0.4, -0.2) is 14.2 Å². The van der Waals surface area contributed by atoms with Crippen molar-refractivity contribution in [2.45, 2.75) is 0 Å². The first-order valence-corrected chi connectivity index (χ1v) is 14.7. The second-order valence-corrected chi connectivity index (χ2v) is 12.7. The minimum atomic E-state index is -0.943. The van der Waals surface area contributed by atoms with Crippen molar-refractivity contribution in [3.05, 3.63) is 140 Å². The molecule has 0 saturated heterocycles. The molecule has 0 radical (unpaired) electrons. The molecule has 0 N–H and O–H groups in total. The lowest BCUT2D eigenvalue weighted by Gasteiger charge is -2.40. The molecule has 5 heteroatoms. The molecule has 0 atom stereocenters. The van der Waals surface area contributed by atoms with Crippen LogP contribution in [0.5, 0.6) is 11.5 Å². The van der Waals surface area contributed by atoms with Crippen LogP contribution in [0, 0.1) is 0 Å². The van der Waals surface area contributed by atoms with Gasteiger partial charge in [0, 0.05) is 33.0 Å². The van der Waals surface area contributed by atoms with Crippen molar-refractivity contribution >= 4 is 43.1 Å². The van der Waals surface area contributed by atoms with Gasteiger partial charge in [-0.05, 0) is 12.1 Å². The Morgan fingerprint density at radius 1 is 0.432 bits per heavy atom. The first kappa shape index (κ1) is 25.0. The van der Waals surface area contributed by atoms with Crippen molar-refractivity contribution in [2.24, 2.45) is 0 Å². The Kier molecular flexibility index (Phi) is 8.16. The Morgan fingerprint density at radius 2 is 0.784 bits per heavy atom. The van der Waals surface area contributed by atoms with Gasteiger partial charge in [0.05, 0.1) is 30.4 Å². The van der Waals surface area contributed by atoms with Crippen molar-refractivity contribution in [2.75, 3.05) is 18.7 Å². The molecule has 0 unspecified atom stereocenters. The molecule has 5 aromatic carbocycles. The van der Waals surface area contributed by atoms with E-state index in [-0.39, 0.29) is 0 Å². The molecule has 0 aromatic heterocycles. The first-order valence-electron chi connectivity index (χ1n) is 12.1. The fourth-order valence-corrected chi connectivity index (χ4v) is 10.2. The lowest BCUT2D eigenvalue weighted by atomic mass is 10.3. The van der Waals surface area contributed by atoms with E-state index in [2.05, 4.69) is 138 Å². The number of rotatable bonds is 9. The van der Waals surface area contributed by atoms with Crippen LogP contribution in [0.1, 0.15) is 0 Å². The summed E-state index contributed by atoms with van der Waals surface area (Å²) in [6.07, 6.45) is 0. The zero-order valence-corrected chi connectivity index (χ0v) is 22.7. The second kappa shape index (κ2) is 12.1. The van der Waals surface area contributed by atoms with Gasteiger partial charge in [-0.3, -0.25) is 0 Å². The topological polar surface area (TPSA) is 21.7 Å². The number of nitrogens with zero attached hydrogens (tertiary/aromatic N) is 1. The molecule has 0 aliphatic rings. The highest BCUT2D eigenvalue weighted by atomic mass is 31.2. The fraction of sp³-hybridized carbons (Fsp3) is 0.0625. The third-order valence-corrected chi connectivity index (χ3v) is 11.4. The SMILES string of the molecule is COc1ccc(N(P(c2ccccc2)c2ccccc2)P(c2ccccc2)c2ccccc2)cc1OC. The normalized spacial score (nSPS) is 10.9. The van der Waals surface area contributed by atoms with E-state index >= 15 is 0 Å². The predicted octanol–water partition coefficient (Wildman–Crippen LogP) is 6.61. The van der Waals surface area contributed by atoms with Crippen LogP contribution in [0.25, 0.3) is 0 Å². The van der Waals surface area contributed by atoms with Gasteiger partial charge in [0.1, 0.15) is 0 Å². The monoisotopic (exact) mass is 521 g/mol. The van der Waals surface area contributed by atoms with Gasteiger partial charge in [-0.2, -0.15) is 0 Å². The standard InChI is InChI=1S/C32H29NO2P2/c1-34-31-24-23-26(25-32(31)35-2)33(36(27-15-7-3-8-16-27)28-17-9-4-10-18-28)37(29-19-11-5-12-20-29)30-21-13-6-14-22-30/h3-25H,1-2H3. The van der Waals surface area contributed by atoms with E-state index in [4.69, 9.17) is 9.47 Å². The zero-order valence-electron chi connectivity index (χ0n) is 20.9. The highest BCUT2D eigenvalue weighted by Gasteiger charge is 2.32. The average Bonchev–Trinajstić information content (AvgIpc) is 2.98. The average molecular weight is 522 g/mol. The third kappa shape index (κ3) is 5.54. The van der Waals surface area contributed by atoms with Gasteiger partial charge >= 0.3 is 0 Å².